The second-order valence-corrected chi connectivity index (χ2v) is 3.90. The lowest BCUT2D eigenvalue weighted by Gasteiger charge is -1.99. The molecule has 0 aliphatic carbocycles. The smallest absolute Gasteiger partial charge is 0.138 e. The molecule has 0 bridgehead atoms. The summed E-state index contributed by atoms with van der Waals surface area (Å²) in [5.74, 6) is -0.460. The molecular formula is C10H8BrClF2. The van der Waals surface area contributed by atoms with E-state index < -0.39 is 11.6 Å². The van der Waals surface area contributed by atoms with Gasteiger partial charge in [0, 0.05) is 11.4 Å². The number of hydrogen-bond donors (Lipinski definition) is 0. The normalized spacial score (nSPS) is 11.1. The second kappa shape index (κ2) is 5.47. The van der Waals surface area contributed by atoms with E-state index in [9.17, 15) is 8.78 Å². The Labute approximate surface area is 94.7 Å². The van der Waals surface area contributed by atoms with Crippen LogP contribution in [0, 0.1) is 11.6 Å². The van der Waals surface area contributed by atoms with E-state index in [1.807, 2.05) is 0 Å². The van der Waals surface area contributed by atoms with Crippen LogP contribution in [-0.4, -0.2) is 5.88 Å². The van der Waals surface area contributed by atoms with Crippen molar-refractivity contribution in [3.63, 3.8) is 0 Å². The molecule has 0 saturated carbocycles. The van der Waals surface area contributed by atoms with Gasteiger partial charge in [-0.2, -0.15) is 0 Å². The van der Waals surface area contributed by atoms with Gasteiger partial charge in [-0.3, -0.25) is 0 Å². The SMILES string of the molecule is Fc1cc(C=CCCCl)c(F)cc1Br. The van der Waals surface area contributed by atoms with Crippen LogP contribution in [0.15, 0.2) is 22.7 Å². The minimum atomic E-state index is -0.475. The highest BCUT2D eigenvalue weighted by atomic mass is 79.9. The predicted molar refractivity (Wildman–Crippen MR) is 58.4 cm³/mol. The summed E-state index contributed by atoms with van der Waals surface area (Å²) >= 11 is 8.34. The lowest BCUT2D eigenvalue weighted by molar-refractivity contribution is 0.592. The van der Waals surface area contributed by atoms with Gasteiger partial charge in [0.25, 0.3) is 0 Å². The number of hydrogen-bond acceptors (Lipinski definition) is 0. The van der Waals surface area contributed by atoms with E-state index in [1.54, 1.807) is 6.08 Å². The van der Waals surface area contributed by atoms with Crippen LogP contribution < -0.4 is 0 Å². The lowest BCUT2D eigenvalue weighted by Crippen LogP contribution is -1.86. The molecule has 0 spiro atoms. The first-order chi connectivity index (χ1) is 6.65. The van der Waals surface area contributed by atoms with Crippen molar-refractivity contribution in [3.8, 4) is 0 Å². The Kier molecular flexibility index (Phi) is 4.55. The molecule has 0 saturated heterocycles. The number of rotatable bonds is 3. The summed E-state index contributed by atoms with van der Waals surface area (Å²) in [6.45, 7) is 0. The van der Waals surface area contributed by atoms with Gasteiger partial charge in [0.15, 0.2) is 0 Å². The zero-order valence-electron chi connectivity index (χ0n) is 7.24. The average molecular weight is 282 g/mol. The summed E-state index contributed by atoms with van der Waals surface area (Å²) < 4.78 is 26.3. The van der Waals surface area contributed by atoms with Gasteiger partial charge in [0.05, 0.1) is 4.47 Å². The fourth-order valence-electron chi connectivity index (χ4n) is 0.939. The molecule has 0 N–H and O–H groups in total. The highest BCUT2D eigenvalue weighted by Gasteiger charge is 2.05. The molecule has 1 aromatic carbocycles. The van der Waals surface area contributed by atoms with Crippen LogP contribution in [0.25, 0.3) is 6.08 Å². The molecule has 0 heterocycles. The Hall–Kier alpha value is -0.410. The molecule has 0 unspecified atom stereocenters. The standard InChI is InChI=1S/C10H8BrClF2/c11-8-6-9(13)7(5-10(8)14)3-1-2-4-12/h1,3,5-6H,2,4H2. The molecular weight excluding hydrogens is 273 g/mol. The van der Waals surface area contributed by atoms with Crippen molar-refractivity contribution in [2.75, 3.05) is 5.88 Å². The minimum Gasteiger partial charge on any atom is -0.206 e. The Bertz CT molecular complexity index is 350. The van der Waals surface area contributed by atoms with E-state index in [-0.39, 0.29) is 10.0 Å². The average Bonchev–Trinajstić information content (AvgIpc) is 2.14. The van der Waals surface area contributed by atoms with Crippen molar-refractivity contribution in [1.82, 2.24) is 0 Å². The molecule has 0 aromatic heterocycles. The third-order valence-electron chi connectivity index (χ3n) is 1.61. The zero-order chi connectivity index (χ0) is 10.6. The largest absolute Gasteiger partial charge is 0.206 e. The van der Waals surface area contributed by atoms with Crippen LogP contribution in [0.3, 0.4) is 0 Å². The van der Waals surface area contributed by atoms with Crippen molar-refractivity contribution in [1.29, 1.82) is 0 Å². The van der Waals surface area contributed by atoms with Crippen LogP contribution in [0.2, 0.25) is 0 Å². The van der Waals surface area contributed by atoms with Crippen LogP contribution in [0.1, 0.15) is 12.0 Å². The van der Waals surface area contributed by atoms with Crippen molar-refractivity contribution in [3.05, 3.63) is 39.9 Å². The Balaban J connectivity index is 2.92. The van der Waals surface area contributed by atoms with Gasteiger partial charge in [0.2, 0.25) is 0 Å². The molecule has 0 atom stereocenters. The summed E-state index contributed by atoms with van der Waals surface area (Å²) in [6.07, 6.45) is 3.87. The lowest BCUT2D eigenvalue weighted by atomic mass is 10.2. The molecule has 0 aliphatic rings. The molecule has 14 heavy (non-hydrogen) atoms. The number of allylic oxidation sites excluding steroid dienone is 1. The molecule has 0 amide bonds. The van der Waals surface area contributed by atoms with E-state index in [4.69, 9.17) is 11.6 Å². The van der Waals surface area contributed by atoms with Crippen LogP contribution >= 0.6 is 27.5 Å². The van der Waals surface area contributed by atoms with E-state index in [0.29, 0.717) is 12.3 Å². The maximum absolute atomic E-state index is 13.2. The second-order valence-electron chi connectivity index (χ2n) is 2.67. The summed E-state index contributed by atoms with van der Waals surface area (Å²) in [4.78, 5) is 0. The summed E-state index contributed by atoms with van der Waals surface area (Å²) in [5, 5.41) is 0. The third kappa shape index (κ3) is 3.07. The predicted octanol–water partition coefficient (Wildman–Crippen LogP) is 4.37. The maximum Gasteiger partial charge on any atom is 0.138 e. The number of benzene rings is 1. The zero-order valence-corrected chi connectivity index (χ0v) is 9.58. The van der Waals surface area contributed by atoms with Gasteiger partial charge in [0.1, 0.15) is 11.6 Å². The summed E-state index contributed by atoms with van der Waals surface area (Å²) in [5.41, 5.74) is 0.232. The van der Waals surface area contributed by atoms with Crippen LogP contribution in [-0.2, 0) is 0 Å². The van der Waals surface area contributed by atoms with E-state index in [1.165, 1.54) is 6.08 Å². The number of halogens is 4. The quantitative estimate of drug-likeness (QED) is 0.570. The van der Waals surface area contributed by atoms with Crippen LogP contribution in [0.4, 0.5) is 8.78 Å². The molecule has 1 aromatic rings. The van der Waals surface area contributed by atoms with E-state index in [2.05, 4.69) is 15.9 Å². The fourth-order valence-corrected chi connectivity index (χ4v) is 1.38. The van der Waals surface area contributed by atoms with Crippen LogP contribution in [0.5, 0.6) is 0 Å². The van der Waals surface area contributed by atoms with E-state index in [0.717, 1.165) is 12.1 Å². The minimum absolute atomic E-state index is 0.129. The summed E-state index contributed by atoms with van der Waals surface area (Å²) in [6, 6.07) is 2.25. The Morgan fingerprint density at radius 3 is 2.64 bits per heavy atom. The first-order valence-electron chi connectivity index (χ1n) is 4.02. The van der Waals surface area contributed by atoms with Gasteiger partial charge >= 0.3 is 0 Å². The first-order valence-corrected chi connectivity index (χ1v) is 5.35. The monoisotopic (exact) mass is 280 g/mol. The molecule has 0 aliphatic heterocycles. The van der Waals surface area contributed by atoms with Gasteiger partial charge < -0.3 is 0 Å². The topological polar surface area (TPSA) is 0 Å². The van der Waals surface area contributed by atoms with E-state index >= 15 is 0 Å². The Morgan fingerprint density at radius 2 is 2.00 bits per heavy atom. The first kappa shape index (κ1) is 11.7. The van der Waals surface area contributed by atoms with Crippen molar-refractivity contribution in [2.24, 2.45) is 0 Å². The van der Waals surface area contributed by atoms with Gasteiger partial charge in [-0.1, -0.05) is 12.2 Å². The maximum atomic E-state index is 13.2. The highest BCUT2D eigenvalue weighted by Crippen LogP contribution is 2.20. The third-order valence-corrected chi connectivity index (χ3v) is 2.44. The fraction of sp³-hybridized carbons (Fsp3) is 0.200. The highest BCUT2D eigenvalue weighted by molar-refractivity contribution is 9.10. The van der Waals surface area contributed by atoms with Crippen molar-refractivity contribution >= 4 is 33.6 Å². The van der Waals surface area contributed by atoms with Crippen molar-refractivity contribution < 1.29 is 8.78 Å². The summed E-state index contributed by atoms with van der Waals surface area (Å²) in [7, 11) is 0. The molecule has 1 rings (SSSR count). The molecule has 0 radical (unpaired) electrons. The van der Waals surface area contributed by atoms with Gasteiger partial charge in [-0.15, -0.1) is 11.6 Å². The molecule has 0 nitrogen and oxygen atoms in total. The molecule has 0 fully saturated rings. The van der Waals surface area contributed by atoms with Gasteiger partial charge in [-0.05, 0) is 34.5 Å². The Morgan fingerprint density at radius 1 is 1.29 bits per heavy atom. The molecule has 4 heteroatoms. The molecule has 76 valence electrons. The van der Waals surface area contributed by atoms with Crippen molar-refractivity contribution in [2.45, 2.75) is 6.42 Å². The van der Waals surface area contributed by atoms with Gasteiger partial charge in [-0.25, -0.2) is 8.78 Å². The number of alkyl halides is 1.